The molecule has 6 nitrogen and oxygen atoms in total. The highest BCUT2D eigenvalue weighted by Crippen LogP contribution is 2.18. The largest absolute Gasteiger partial charge is 0.354 e. The van der Waals surface area contributed by atoms with E-state index in [1.807, 2.05) is 32.9 Å². The molecule has 0 bridgehead atoms. The van der Waals surface area contributed by atoms with Gasteiger partial charge in [0.05, 0.1) is 10.3 Å². The topological polar surface area (TPSA) is 69.7 Å². The number of aryl methyl sites for hydroxylation is 1. The predicted octanol–water partition coefficient (Wildman–Crippen LogP) is 1.68. The quantitative estimate of drug-likeness (QED) is 0.706. The van der Waals surface area contributed by atoms with Crippen molar-refractivity contribution in [2.75, 3.05) is 45.1 Å². The van der Waals surface area contributed by atoms with Crippen molar-refractivity contribution < 1.29 is 13.2 Å². The van der Waals surface area contributed by atoms with E-state index in [0.717, 1.165) is 5.56 Å². The Balaban J connectivity index is 1.82. The van der Waals surface area contributed by atoms with Crippen LogP contribution in [0.25, 0.3) is 0 Å². The second-order valence-corrected chi connectivity index (χ2v) is 9.54. The lowest BCUT2D eigenvalue weighted by molar-refractivity contribution is -0.128. The first-order valence-corrected chi connectivity index (χ1v) is 10.8. The van der Waals surface area contributed by atoms with Crippen molar-refractivity contribution in [3.05, 3.63) is 29.8 Å². The third kappa shape index (κ3) is 5.19. The van der Waals surface area contributed by atoms with Gasteiger partial charge in [-0.05, 0) is 32.9 Å². The van der Waals surface area contributed by atoms with Crippen LogP contribution in [-0.2, 0) is 14.8 Å². The number of rotatable bonds is 7. The van der Waals surface area contributed by atoms with Gasteiger partial charge in [0.15, 0.2) is 0 Å². The number of hydrogen-bond donors (Lipinski definition) is 1. The molecule has 1 N–H and O–H groups in total. The summed E-state index contributed by atoms with van der Waals surface area (Å²) in [6, 6.07) is 6.94. The van der Waals surface area contributed by atoms with Crippen LogP contribution in [0.5, 0.6) is 0 Å². The summed E-state index contributed by atoms with van der Waals surface area (Å²) in [4.78, 5) is 14.5. The lowest BCUT2D eigenvalue weighted by atomic mass is 9.95. The van der Waals surface area contributed by atoms with Gasteiger partial charge in [0.25, 0.3) is 0 Å². The molecule has 1 aromatic rings. The number of carbonyl (C=O) groups is 1. The zero-order valence-electron chi connectivity index (χ0n) is 15.7. The molecule has 0 aromatic heterocycles. The first kappa shape index (κ1) is 21.2. The van der Waals surface area contributed by atoms with Crippen molar-refractivity contribution in [1.82, 2.24) is 14.5 Å². The molecule has 0 spiro atoms. The van der Waals surface area contributed by atoms with Crippen molar-refractivity contribution in [3.63, 3.8) is 0 Å². The number of piperazine rings is 1. The number of carbonyl (C=O) groups excluding carboxylic acids is 1. The average Bonchev–Trinajstić information content (AvgIpc) is 2.62. The Labute approximate surface area is 161 Å². The van der Waals surface area contributed by atoms with E-state index < -0.39 is 15.4 Å². The summed E-state index contributed by atoms with van der Waals surface area (Å²) in [5, 5.41) is 2.90. The van der Waals surface area contributed by atoms with Crippen molar-refractivity contribution in [1.29, 1.82) is 0 Å². The minimum Gasteiger partial charge on any atom is -0.354 e. The zero-order chi connectivity index (χ0) is 19.4. The fourth-order valence-corrected chi connectivity index (χ4v) is 4.22. The predicted molar refractivity (Wildman–Crippen MR) is 104 cm³/mol. The van der Waals surface area contributed by atoms with E-state index in [4.69, 9.17) is 11.6 Å². The van der Waals surface area contributed by atoms with Crippen LogP contribution in [0.1, 0.15) is 19.4 Å². The molecule has 1 aliphatic rings. The molecule has 1 heterocycles. The van der Waals surface area contributed by atoms with Crippen LogP contribution in [0.15, 0.2) is 29.2 Å². The molecule has 1 amide bonds. The van der Waals surface area contributed by atoms with Gasteiger partial charge in [-0.1, -0.05) is 17.7 Å². The molecule has 1 aromatic carbocycles. The molecular weight excluding hydrogens is 374 g/mol. The number of nitrogens with zero attached hydrogens (tertiary/aromatic N) is 2. The fourth-order valence-electron chi connectivity index (χ4n) is 2.68. The Bertz CT molecular complexity index is 712. The maximum Gasteiger partial charge on any atom is 0.243 e. The van der Waals surface area contributed by atoms with Crippen LogP contribution in [0.4, 0.5) is 0 Å². The highest BCUT2D eigenvalue weighted by atomic mass is 35.5. The summed E-state index contributed by atoms with van der Waals surface area (Å²) in [6.45, 7) is 9.00. The molecule has 8 heteroatoms. The summed E-state index contributed by atoms with van der Waals surface area (Å²) in [7, 11) is -3.44. The summed E-state index contributed by atoms with van der Waals surface area (Å²) >= 11 is 5.80. The molecular formula is C18H28ClN3O3S. The monoisotopic (exact) mass is 401 g/mol. The average molecular weight is 402 g/mol. The van der Waals surface area contributed by atoms with Crippen LogP contribution >= 0.6 is 11.6 Å². The van der Waals surface area contributed by atoms with E-state index in [2.05, 4.69) is 10.2 Å². The Morgan fingerprint density at radius 2 is 1.73 bits per heavy atom. The van der Waals surface area contributed by atoms with Gasteiger partial charge in [0.2, 0.25) is 15.9 Å². The van der Waals surface area contributed by atoms with Gasteiger partial charge in [0, 0.05) is 45.1 Å². The van der Waals surface area contributed by atoms with E-state index in [-0.39, 0.29) is 11.8 Å². The van der Waals surface area contributed by atoms with Crippen LogP contribution in [0.3, 0.4) is 0 Å². The number of halogens is 1. The van der Waals surface area contributed by atoms with E-state index in [1.165, 1.54) is 4.31 Å². The van der Waals surface area contributed by atoms with Crippen molar-refractivity contribution in [2.45, 2.75) is 25.7 Å². The van der Waals surface area contributed by atoms with Gasteiger partial charge in [-0.25, -0.2) is 8.42 Å². The molecule has 0 saturated carbocycles. The van der Waals surface area contributed by atoms with Crippen molar-refractivity contribution in [3.8, 4) is 0 Å². The number of amides is 1. The third-order valence-electron chi connectivity index (χ3n) is 4.65. The highest BCUT2D eigenvalue weighted by Gasteiger charge is 2.29. The van der Waals surface area contributed by atoms with Gasteiger partial charge in [0.1, 0.15) is 0 Å². The smallest absolute Gasteiger partial charge is 0.243 e. The van der Waals surface area contributed by atoms with E-state index >= 15 is 0 Å². The normalized spacial score (nSPS) is 17.2. The molecule has 1 fully saturated rings. The Morgan fingerprint density at radius 3 is 2.27 bits per heavy atom. The molecule has 1 saturated heterocycles. The maximum absolute atomic E-state index is 12.7. The van der Waals surface area contributed by atoms with Crippen LogP contribution in [0, 0.1) is 12.3 Å². The fraction of sp³-hybridized carbons (Fsp3) is 0.611. The molecule has 0 atom stereocenters. The van der Waals surface area contributed by atoms with Crippen LogP contribution in [-0.4, -0.2) is 68.7 Å². The first-order chi connectivity index (χ1) is 12.2. The Hall–Kier alpha value is -1.15. The van der Waals surface area contributed by atoms with E-state index in [1.54, 1.807) is 12.1 Å². The summed E-state index contributed by atoms with van der Waals surface area (Å²) in [6.07, 6.45) is 0. The third-order valence-corrected chi connectivity index (χ3v) is 7.23. The molecule has 0 radical (unpaired) electrons. The minimum absolute atomic E-state index is 0.0620. The SMILES string of the molecule is Cc1ccc(S(=O)(=O)N2CCN(CCNC(=O)C(C)(C)CCl)CC2)cc1. The highest BCUT2D eigenvalue weighted by molar-refractivity contribution is 7.89. The lowest BCUT2D eigenvalue weighted by Gasteiger charge is -2.34. The summed E-state index contributed by atoms with van der Waals surface area (Å²) < 4.78 is 26.9. The standard InChI is InChI=1S/C18H28ClN3O3S/c1-15-4-6-16(7-5-15)26(24,25)22-12-10-21(11-13-22)9-8-20-17(23)18(2,3)14-19/h4-7H,8-14H2,1-3H3,(H,20,23). The van der Waals surface area contributed by atoms with Crippen molar-refractivity contribution >= 4 is 27.5 Å². The van der Waals surface area contributed by atoms with Gasteiger partial charge in [-0.3, -0.25) is 9.69 Å². The number of sulfonamides is 1. The molecule has 26 heavy (non-hydrogen) atoms. The second-order valence-electron chi connectivity index (χ2n) is 7.33. The summed E-state index contributed by atoms with van der Waals surface area (Å²) in [5.74, 6) is 0.210. The van der Waals surface area contributed by atoms with Gasteiger partial charge >= 0.3 is 0 Å². The number of hydrogen-bond acceptors (Lipinski definition) is 4. The molecule has 0 unspecified atom stereocenters. The van der Waals surface area contributed by atoms with Gasteiger partial charge < -0.3 is 5.32 Å². The Kier molecular flexibility index (Phi) is 7.07. The van der Waals surface area contributed by atoms with Gasteiger partial charge in [-0.15, -0.1) is 11.6 Å². The van der Waals surface area contributed by atoms with Crippen LogP contribution in [0.2, 0.25) is 0 Å². The molecule has 146 valence electrons. The lowest BCUT2D eigenvalue weighted by Crippen LogP contribution is -2.50. The zero-order valence-corrected chi connectivity index (χ0v) is 17.2. The summed E-state index contributed by atoms with van der Waals surface area (Å²) in [5.41, 5.74) is 0.454. The molecule has 2 rings (SSSR count). The first-order valence-electron chi connectivity index (χ1n) is 8.80. The van der Waals surface area contributed by atoms with Gasteiger partial charge in [-0.2, -0.15) is 4.31 Å². The van der Waals surface area contributed by atoms with E-state index in [9.17, 15) is 13.2 Å². The number of nitrogens with one attached hydrogen (secondary N) is 1. The minimum atomic E-state index is -3.44. The van der Waals surface area contributed by atoms with Crippen molar-refractivity contribution in [2.24, 2.45) is 5.41 Å². The van der Waals surface area contributed by atoms with Crippen LogP contribution < -0.4 is 5.32 Å². The Morgan fingerprint density at radius 1 is 1.15 bits per heavy atom. The molecule has 1 aliphatic heterocycles. The molecule has 0 aliphatic carbocycles. The van der Waals surface area contributed by atoms with E-state index in [0.29, 0.717) is 44.2 Å². The number of alkyl halides is 1. The maximum atomic E-state index is 12.7. The second kappa shape index (κ2) is 8.69. The number of benzene rings is 1.